The minimum Gasteiger partial charge on any atom is -0.486 e. The van der Waals surface area contributed by atoms with E-state index in [-0.39, 0.29) is 0 Å². The van der Waals surface area contributed by atoms with E-state index in [2.05, 4.69) is 24.1 Å². The van der Waals surface area contributed by atoms with E-state index in [0.29, 0.717) is 28.4 Å². The third kappa shape index (κ3) is 5.20. The van der Waals surface area contributed by atoms with Crippen molar-refractivity contribution in [1.29, 1.82) is 0 Å². The van der Waals surface area contributed by atoms with Gasteiger partial charge in [0.1, 0.15) is 12.4 Å². The highest BCUT2D eigenvalue weighted by Gasteiger charge is 2.04. The standard InChI is InChI=1S/C16H18Cl2N2O/c1-11(2)19-8-12-3-5-14(20-9-12)10-21-16-7-13(17)4-6-15(16)18/h3-7,9,11,19H,8,10H2,1-2H3. The summed E-state index contributed by atoms with van der Waals surface area (Å²) in [5.41, 5.74) is 1.99. The molecule has 1 aromatic heterocycles. The van der Waals surface area contributed by atoms with Gasteiger partial charge >= 0.3 is 0 Å². The lowest BCUT2D eigenvalue weighted by atomic mass is 10.2. The molecule has 1 heterocycles. The van der Waals surface area contributed by atoms with Gasteiger partial charge < -0.3 is 10.1 Å². The maximum absolute atomic E-state index is 6.05. The fraction of sp³-hybridized carbons (Fsp3) is 0.312. The van der Waals surface area contributed by atoms with Crippen molar-refractivity contribution >= 4 is 23.2 Å². The summed E-state index contributed by atoms with van der Waals surface area (Å²) in [6.45, 7) is 5.40. The van der Waals surface area contributed by atoms with Crippen LogP contribution in [-0.2, 0) is 13.2 Å². The Morgan fingerprint density at radius 3 is 2.67 bits per heavy atom. The molecule has 0 aliphatic heterocycles. The number of halogens is 2. The van der Waals surface area contributed by atoms with E-state index in [9.17, 15) is 0 Å². The largest absolute Gasteiger partial charge is 0.486 e. The Bertz CT molecular complexity index is 585. The van der Waals surface area contributed by atoms with Gasteiger partial charge in [0.25, 0.3) is 0 Å². The van der Waals surface area contributed by atoms with Crippen molar-refractivity contribution in [1.82, 2.24) is 10.3 Å². The van der Waals surface area contributed by atoms with Crippen molar-refractivity contribution in [2.75, 3.05) is 0 Å². The number of rotatable bonds is 6. The highest BCUT2D eigenvalue weighted by atomic mass is 35.5. The molecule has 21 heavy (non-hydrogen) atoms. The second-order valence-electron chi connectivity index (χ2n) is 5.06. The first-order chi connectivity index (χ1) is 10.0. The molecule has 0 aliphatic carbocycles. The van der Waals surface area contributed by atoms with Gasteiger partial charge in [-0.05, 0) is 23.8 Å². The molecule has 3 nitrogen and oxygen atoms in total. The van der Waals surface area contributed by atoms with E-state index >= 15 is 0 Å². The first-order valence-electron chi connectivity index (χ1n) is 6.79. The van der Waals surface area contributed by atoms with E-state index in [0.717, 1.165) is 17.8 Å². The smallest absolute Gasteiger partial charge is 0.139 e. The maximum atomic E-state index is 6.05. The number of ether oxygens (including phenoxy) is 1. The third-order valence-electron chi connectivity index (χ3n) is 2.87. The van der Waals surface area contributed by atoms with E-state index < -0.39 is 0 Å². The van der Waals surface area contributed by atoms with Crippen LogP contribution in [0.25, 0.3) is 0 Å². The molecule has 0 unspecified atom stereocenters. The predicted molar refractivity (Wildman–Crippen MR) is 87.0 cm³/mol. The van der Waals surface area contributed by atoms with Gasteiger partial charge in [-0.1, -0.05) is 43.1 Å². The molecule has 5 heteroatoms. The lowest BCUT2D eigenvalue weighted by Crippen LogP contribution is -2.21. The monoisotopic (exact) mass is 324 g/mol. The Labute approximate surface area is 135 Å². The SMILES string of the molecule is CC(C)NCc1ccc(COc2cc(Cl)ccc2Cl)nc1. The van der Waals surface area contributed by atoms with Gasteiger partial charge in [-0.3, -0.25) is 4.98 Å². The molecule has 2 aromatic rings. The molecule has 0 amide bonds. The number of nitrogens with one attached hydrogen (secondary N) is 1. The van der Waals surface area contributed by atoms with Crippen molar-refractivity contribution in [2.24, 2.45) is 0 Å². The van der Waals surface area contributed by atoms with Gasteiger partial charge in [-0.25, -0.2) is 0 Å². The number of nitrogens with zero attached hydrogens (tertiary/aromatic N) is 1. The molecule has 0 fully saturated rings. The van der Waals surface area contributed by atoms with Crippen molar-refractivity contribution < 1.29 is 4.74 Å². The summed E-state index contributed by atoms with van der Waals surface area (Å²) in [4.78, 5) is 4.38. The quantitative estimate of drug-likeness (QED) is 0.851. The van der Waals surface area contributed by atoms with E-state index in [1.54, 1.807) is 18.2 Å². The highest BCUT2D eigenvalue weighted by molar-refractivity contribution is 6.34. The molecule has 0 bridgehead atoms. The summed E-state index contributed by atoms with van der Waals surface area (Å²) in [7, 11) is 0. The zero-order valence-electron chi connectivity index (χ0n) is 12.1. The molecule has 0 spiro atoms. The molecule has 0 radical (unpaired) electrons. The second kappa shape index (κ2) is 7.64. The van der Waals surface area contributed by atoms with Crippen molar-refractivity contribution in [3.63, 3.8) is 0 Å². The van der Waals surface area contributed by atoms with Gasteiger partial charge in [0, 0.05) is 29.9 Å². The number of hydrogen-bond acceptors (Lipinski definition) is 3. The molecular weight excluding hydrogens is 307 g/mol. The number of aromatic nitrogens is 1. The fourth-order valence-corrected chi connectivity index (χ4v) is 2.04. The Morgan fingerprint density at radius 1 is 1.19 bits per heavy atom. The molecule has 1 N–H and O–H groups in total. The highest BCUT2D eigenvalue weighted by Crippen LogP contribution is 2.28. The minimum absolute atomic E-state index is 0.359. The second-order valence-corrected chi connectivity index (χ2v) is 5.90. The number of benzene rings is 1. The summed E-state index contributed by atoms with van der Waals surface area (Å²) in [5.74, 6) is 0.566. The van der Waals surface area contributed by atoms with Crippen LogP contribution in [0.4, 0.5) is 0 Å². The summed E-state index contributed by atoms with van der Waals surface area (Å²) < 4.78 is 5.65. The van der Waals surface area contributed by atoms with Crippen LogP contribution in [0, 0.1) is 0 Å². The van der Waals surface area contributed by atoms with Crippen LogP contribution in [0.1, 0.15) is 25.1 Å². The van der Waals surface area contributed by atoms with Crippen LogP contribution in [0.5, 0.6) is 5.75 Å². The summed E-state index contributed by atoms with van der Waals surface area (Å²) in [6.07, 6.45) is 1.85. The molecule has 2 rings (SSSR count). The van der Waals surface area contributed by atoms with E-state index in [4.69, 9.17) is 27.9 Å². The van der Waals surface area contributed by atoms with Crippen LogP contribution in [0.2, 0.25) is 10.0 Å². The molecule has 112 valence electrons. The molecule has 0 saturated heterocycles. The number of pyridine rings is 1. The Hall–Kier alpha value is -1.29. The summed E-state index contributed by atoms with van der Waals surface area (Å²) in [6, 6.07) is 9.60. The molecule has 1 aromatic carbocycles. The van der Waals surface area contributed by atoms with Gasteiger partial charge in [0.15, 0.2) is 0 Å². The average Bonchev–Trinajstić information content (AvgIpc) is 2.47. The fourth-order valence-electron chi connectivity index (χ4n) is 1.71. The van der Waals surface area contributed by atoms with E-state index in [1.807, 2.05) is 18.3 Å². The lowest BCUT2D eigenvalue weighted by molar-refractivity contribution is 0.301. The molecule has 0 aliphatic rings. The Balaban J connectivity index is 1.93. The maximum Gasteiger partial charge on any atom is 0.139 e. The van der Waals surface area contributed by atoms with Crippen molar-refractivity contribution in [2.45, 2.75) is 33.0 Å². The average molecular weight is 325 g/mol. The first-order valence-corrected chi connectivity index (χ1v) is 7.55. The summed E-state index contributed by atoms with van der Waals surface area (Å²) in [5, 5.41) is 4.48. The molecular formula is C16H18Cl2N2O. The Morgan fingerprint density at radius 2 is 2.00 bits per heavy atom. The van der Waals surface area contributed by atoms with Crippen LogP contribution in [-0.4, -0.2) is 11.0 Å². The van der Waals surface area contributed by atoms with Crippen LogP contribution < -0.4 is 10.1 Å². The van der Waals surface area contributed by atoms with Crippen LogP contribution >= 0.6 is 23.2 Å². The normalized spacial score (nSPS) is 10.9. The van der Waals surface area contributed by atoms with Crippen molar-refractivity contribution in [3.05, 3.63) is 57.8 Å². The van der Waals surface area contributed by atoms with E-state index in [1.165, 1.54) is 0 Å². The van der Waals surface area contributed by atoms with Gasteiger partial charge in [0.05, 0.1) is 10.7 Å². The first kappa shape index (κ1) is 16.1. The number of hydrogen-bond donors (Lipinski definition) is 1. The van der Waals surface area contributed by atoms with Gasteiger partial charge in [-0.2, -0.15) is 0 Å². The van der Waals surface area contributed by atoms with Gasteiger partial charge in [0.2, 0.25) is 0 Å². The van der Waals surface area contributed by atoms with Crippen molar-refractivity contribution in [3.8, 4) is 5.75 Å². The van der Waals surface area contributed by atoms with Crippen LogP contribution in [0.15, 0.2) is 36.5 Å². The topological polar surface area (TPSA) is 34.1 Å². The Kier molecular flexibility index (Phi) is 5.85. The molecule has 0 saturated carbocycles. The summed E-state index contributed by atoms with van der Waals surface area (Å²) >= 11 is 12.0. The molecule has 0 atom stereocenters. The lowest BCUT2D eigenvalue weighted by Gasteiger charge is -2.10. The zero-order chi connectivity index (χ0) is 15.2. The zero-order valence-corrected chi connectivity index (χ0v) is 13.6. The minimum atomic E-state index is 0.359. The van der Waals surface area contributed by atoms with Gasteiger partial charge in [-0.15, -0.1) is 0 Å². The van der Waals surface area contributed by atoms with Crippen LogP contribution in [0.3, 0.4) is 0 Å². The predicted octanol–water partition coefficient (Wildman–Crippen LogP) is 4.47. The third-order valence-corrected chi connectivity index (χ3v) is 3.42.